The van der Waals surface area contributed by atoms with E-state index in [-0.39, 0.29) is 0 Å². The fraction of sp³-hybridized carbons (Fsp3) is 0.647. The lowest BCUT2D eigenvalue weighted by Crippen LogP contribution is -2.35. The van der Waals surface area contributed by atoms with Crippen molar-refractivity contribution in [3.05, 3.63) is 35.4 Å². The lowest BCUT2D eigenvalue weighted by Gasteiger charge is -2.30. The van der Waals surface area contributed by atoms with Gasteiger partial charge >= 0.3 is 6.18 Å². The molecule has 1 aromatic rings. The van der Waals surface area contributed by atoms with Gasteiger partial charge in [0, 0.05) is 6.04 Å². The topological polar surface area (TPSA) is 12.0 Å². The Balaban J connectivity index is 1.95. The van der Waals surface area contributed by atoms with Crippen LogP contribution in [0.3, 0.4) is 0 Å². The molecule has 0 spiro atoms. The number of alkyl halides is 3. The van der Waals surface area contributed by atoms with E-state index in [0.29, 0.717) is 12.0 Å². The van der Waals surface area contributed by atoms with E-state index in [4.69, 9.17) is 0 Å². The summed E-state index contributed by atoms with van der Waals surface area (Å²) in [5.74, 6) is 0.497. The average Bonchev–Trinajstić information content (AvgIpc) is 2.45. The van der Waals surface area contributed by atoms with E-state index < -0.39 is 11.7 Å². The molecule has 0 aliphatic heterocycles. The molecule has 0 aromatic heterocycles. The number of hydrogen-bond donors (Lipinski definition) is 1. The van der Waals surface area contributed by atoms with Gasteiger partial charge in [0.25, 0.3) is 0 Å². The molecule has 0 radical (unpaired) electrons. The number of hydrogen-bond acceptors (Lipinski definition) is 1. The maximum Gasteiger partial charge on any atom is 0.416 e. The Bertz CT molecular complexity index is 442. The fourth-order valence-corrected chi connectivity index (χ4v) is 3.22. The third kappa shape index (κ3) is 5.03. The van der Waals surface area contributed by atoms with E-state index in [2.05, 4.69) is 12.2 Å². The Labute approximate surface area is 124 Å². The van der Waals surface area contributed by atoms with E-state index in [0.717, 1.165) is 43.9 Å². The summed E-state index contributed by atoms with van der Waals surface area (Å²) in [4.78, 5) is 0. The largest absolute Gasteiger partial charge is 0.416 e. The minimum Gasteiger partial charge on any atom is -0.314 e. The number of halogens is 3. The Morgan fingerprint density at radius 1 is 1.24 bits per heavy atom. The highest BCUT2D eigenvalue weighted by Gasteiger charge is 2.30. The predicted octanol–water partition coefficient (Wildman–Crippen LogP) is 4.81. The molecule has 1 N–H and O–H groups in total. The predicted molar refractivity (Wildman–Crippen MR) is 79.2 cm³/mol. The van der Waals surface area contributed by atoms with Crippen LogP contribution in [0.15, 0.2) is 24.3 Å². The van der Waals surface area contributed by atoms with Crippen molar-refractivity contribution in [3.8, 4) is 0 Å². The molecule has 2 rings (SSSR count). The molecule has 1 nitrogen and oxygen atoms in total. The molecule has 4 heteroatoms. The molecule has 0 bridgehead atoms. The normalized spacial score (nSPS) is 23.2. The van der Waals surface area contributed by atoms with Crippen LogP contribution in [0.2, 0.25) is 0 Å². The molecule has 1 aliphatic rings. The van der Waals surface area contributed by atoms with E-state index in [1.807, 2.05) is 6.07 Å². The first-order valence-corrected chi connectivity index (χ1v) is 7.88. The number of benzene rings is 1. The van der Waals surface area contributed by atoms with Gasteiger partial charge in [0.1, 0.15) is 0 Å². The van der Waals surface area contributed by atoms with Crippen LogP contribution in [0, 0.1) is 5.92 Å². The van der Waals surface area contributed by atoms with Crippen LogP contribution in [0.5, 0.6) is 0 Å². The lowest BCUT2D eigenvalue weighted by molar-refractivity contribution is -0.137. The zero-order valence-electron chi connectivity index (χ0n) is 12.5. The van der Waals surface area contributed by atoms with Gasteiger partial charge in [-0.25, -0.2) is 0 Å². The lowest BCUT2D eigenvalue weighted by atomic mass is 9.82. The first-order chi connectivity index (χ1) is 9.99. The molecule has 0 saturated heterocycles. The molecule has 21 heavy (non-hydrogen) atoms. The van der Waals surface area contributed by atoms with Gasteiger partial charge in [-0.15, -0.1) is 0 Å². The Kier molecular flexibility index (Phi) is 5.68. The average molecular weight is 299 g/mol. The van der Waals surface area contributed by atoms with Crippen molar-refractivity contribution in [1.29, 1.82) is 0 Å². The van der Waals surface area contributed by atoms with Crippen LogP contribution < -0.4 is 5.32 Å². The maximum absolute atomic E-state index is 12.7. The molecule has 0 amide bonds. The summed E-state index contributed by atoms with van der Waals surface area (Å²) < 4.78 is 38.2. The molecule has 1 aromatic carbocycles. The van der Waals surface area contributed by atoms with Gasteiger partial charge in [0.05, 0.1) is 5.56 Å². The zero-order valence-corrected chi connectivity index (χ0v) is 12.5. The Morgan fingerprint density at radius 2 is 2.05 bits per heavy atom. The van der Waals surface area contributed by atoms with Gasteiger partial charge in [-0.3, -0.25) is 0 Å². The number of nitrogens with one attached hydrogen (secondary N) is 1. The molecule has 1 fully saturated rings. The second kappa shape index (κ2) is 7.30. The molecule has 1 aliphatic carbocycles. The van der Waals surface area contributed by atoms with Gasteiger partial charge < -0.3 is 5.32 Å². The number of rotatable bonds is 5. The van der Waals surface area contributed by atoms with Crippen LogP contribution in [0.1, 0.15) is 50.2 Å². The zero-order chi connectivity index (χ0) is 15.3. The molecular formula is C17H24F3N. The highest BCUT2D eigenvalue weighted by molar-refractivity contribution is 5.26. The van der Waals surface area contributed by atoms with Gasteiger partial charge in [0.2, 0.25) is 0 Å². The third-order valence-electron chi connectivity index (χ3n) is 4.24. The summed E-state index contributed by atoms with van der Waals surface area (Å²) in [6, 6.07) is 6.33. The highest BCUT2D eigenvalue weighted by atomic mass is 19.4. The van der Waals surface area contributed by atoms with Crippen LogP contribution >= 0.6 is 0 Å². The Hall–Kier alpha value is -1.03. The SMILES string of the molecule is CCCNC1CCCC(Cc2cccc(C(F)(F)F)c2)C1. The summed E-state index contributed by atoms with van der Waals surface area (Å²) in [6.45, 7) is 3.18. The summed E-state index contributed by atoms with van der Waals surface area (Å²) in [6.07, 6.45) is 2.21. The summed E-state index contributed by atoms with van der Waals surface area (Å²) >= 11 is 0. The summed E-state index contributed by atoms with van der Waals surface area (Å²) in [5.41, 5.74) is 0.280. The smallest absolute Gasteiger partial charge is 0.314 e. The fourth-order valence-electron chi connectivity index (χ4n) is 3.22. The molecular weight excluding hydrogens is 275 g/mol. The van der Waals surface area contributed by atoms with Gasteiger partial charge in [0.15, 0.2) is 0 Å². The molecule has 2 unspecified atom stereocenters. The summed E-state index contributed by atoms with van der Waals surface area (Å²) in [5, 5.41) is 3.54. The van der Waals surface area contributed by atoms with Gasteiger partial charge in [-0.05, 0) is 49.8 Å². The molecule has 118 valence electrons. The maximum atomic E-state index is 12.7. The van der Waals surface area contributed by atoms with Crippen molar-refractivity contribution in [2.24, 2.45) is 5.92 Å². The van der Waals surface area contributed by atoms with Crippen molar-refractivity contribution >= 4 is 0 Å². The van der Waals surface area contributed by atoms with E-state index >= 15 is 0 Å². The van der Waals surface area contributed by atoms with Crippen molar-refractivity contribution in [2.75, 3.05) is 6.54 Å². The minimum atomic E-state index is -4.24. The van der Waals surface area contributed by atoms with E-state index in [1.165, 1.54) is 25.0 Å². The van der Waals surface area contributed by atoms with Crippen molar-refractivity contribution in [3.63, 3.8) is 0 Å². The van der Waals surface area contributed by atoms with E-state index in [1.54, 1.807) is 0 Å². The highest BCUT2D eigenvalue weighted by Crippen LogP contribution is 2.32. The standard InChI is InChI=1S/C17H24F3N/c1-2-9-21-16-8-4-6-14(12-16)10-13-5-3-7-15(11-13)17(18,19)20/h3,5,7,11,14,16,21H,2,4,6,8-10,12H2,1H3. The van der Waals surface area contributed by atoms with Gasteiger partial charge in [-0.1, -0.05) is 38.0 Å². The first-order valence-electron chi connectivity index (χ1n) is 7.88. The minimum absolute atomic E-state index is 0.497. The van der Waals surface area contributed by atoms with Gasteiger partial charge in [-0.2, -0.15) is 13.2 Å². The van der Waals surface area contributed by atoms with E-state index in [9.17, 15) is 13.2 Å². The van der Waals surface area contributed by atoms with Crippen molar-refractivity contribution < 1.29 is 13.2 Å². The molecule has 1 saturated carbocycles. The van der Waals surface area contributed by atoms with Crippen molar-refractivity contribution in [2.45, 2.75) is 57.7 Å². The quantitative estimate of drug-likeness (QED) is 0.823. The summed E-state index contributed by atoms with van der Waals surface area (Å²) in [7, 11) is 0. The monoisotopic (exact) mass is 299 g/mol. The molecule has 2 atom stereocenters. The first kappa shape index (κ1) is 16.3. The second-order valence-electron chi connectivity index (χ2n) is 6.09. The van der Waals surface area contributed by atoms with Crippen LogP contribution in [0.25, 0.3) is 0 Å². The second-order valence-corrected chi connectivity index (χ2v) is 6.09. The van der Waals surface area contributed by atoms with Crippen LogP contribution in [-0.4, -0.2) is 12.6 Å². The van der Waals surface area contributed by atoms with Crippen LogP contribution in [0.4, 0.5) is 13.2 Å². The van der Waals surface area contributed by atoms with Crippen LogP contribution in [-0.2, 0) is 12.6 Å². The third-order valence-corrected chi connectivity index (χ3v) is 4.24. The Morgan fingerprint density at radius 3 is 2.76 bits per heavy atom. The van der Waals surface area contributed by atoms with Crippen molar-refractivity contribution in [1.82, 2.24) is 5.32 Å². The molecule has 0 heterocycles.